The molecule has 23 heavy (non-hydrogen) atoms. The summed E-state index contributed by atoms with van der Waals surface area (Å²) in [6.07, 6.45) is 4.99. The van der Waals surface area contributed by atoms with Gasteiger partial charge < -0.3 is 19.7 Å². The number of ether oxygens (including phenoxy) is 2. The monoisotopic (exact) mass is 324 g/mol. The van der Waals surface area contributed by atoms with Crippen LogP contribution in [0.5, 0.6) is 5.75 Å². The zero-order chi connectivity index (χ0) is 16.9. The van der Waals surface area contributed by atoms with Gasteiger partial charge in [0.1, 0.15) is 19.0 Å². The van der Waals surface area contributed by atoms with Crippen molar-refractivity contribution < 1.29 is 29.3 Å². The largest absolute Gasteiger partial charge is 0.491 e. The number of carboxylic acids is 2. The summed E-state index contributed by atoms with van der Waals surface area (Å²) in [5.41, 5.74) is 1.22. The molecule has 0 aromatic heterocycles. The first-order valence-electron chi connectivity index (χ1n) is 7.81. The molecule has 1 rings (SSSR count). The topological polar surface area (TPSA) is 93.1 Å². The van der Waals surface area contributed by atoms with Gasteiger partial charge in [-0.05, 0) is 37.0 Å². The molecule has 2 N–H and O–H groups in total. The van der Waals surface area contributed by atoms with Gasteiger partial charge >= 0.3 is 11.9 Å². The van der Waals surface area contributed by atoms with Crippen LogP contribution in [-0.2, 0) is 20.7 Å². The van der Waals surface area contributed by atoms with E-state index in [1.165, 1.54) is 5.56 Å². The van der Waals surface area contributed by atoms with Crippen LogP contribution in [0.15, 0.2) is 24.3 Å². The van der Waals surface area contributed by atoms with Crippen molar-refractivity contribution in [2.24, 2.45) is 0 Å². The predicted octanol–water partition coefficient (Wildman–Crippen LogP) is 2.74. The van der Waals surface area contributed by atoms with E-state index < -0.39 is 11.9 Å². The smallest absolute Gasteiger partial charge is 0.329 e. The van der Waals surface area contributed by atoms with Crippen molar-refractivity contribution in [3.63, 3.8) is 0 Å². The summed E-state index contributed by atoms with van der Waals surface area (Å²) >= 11 is 0. The minimum Gasteiger partial charge on any atom is -0.491 e. The van der Waals surface area contributed by atoms with Crippen molar-refractivity contribution in [1.29, 1.82) is 0 Å². The molecular formula is C17H24O6. The number of benzene rings is 1. The van der Waals surface area contributed by atoms with E-state index in [1.54, 1.807) is 0 Å². The Kier molecular flexibility index (Phi) is 9.47. The number of hydrogen-bond donors (Lipinski definition) is 2. The Morgan fingerprint density at radius 1 is 0.870 bits per heavy atom. The zero-order valence-corrected chi connectivity index (χ0v) is 13.2. The van der Waals surface area contributed by atoms with Crippen molar-refractivity contribution in [2.45, 2.75) is 38.5 Å². The minimum absolute atomic E-state index is 0.240. The second-order valence-electron chi connectivity index (χ2n) is 5.25. The molecule has 0 aliphatic heterocycles. The Hall–Kier alpha value is -2.08. The number of unbranched alkanes of at least 4 members (excludes halogenated alkanes) is 3. The Morgan fingerprint density at radius 2 is 1.57 bits per heavy atom. The van der Waals surface area contributed by atoms with E-state index in [-0.39, 0.29) is 19.6 Å². The lowest BCUT2D eigenvalue weighted by molar-refractivity contribution is -0.142. The van der Waals surface area contributed by atoms with E-state index in [0.29, 0.717) is 6.61 Å². The molecule has 0 fully saturated rings. The number of carbonyl (C=O) groups is 2. The highest BCUT2D eigenvalue weighted by atomic mass is 16.5. The predicted molar refractivity (Wildman–Crippen MR) is 84.8 cm³/mol. The Balaban J connectivity index is 2.10. The summed E-state index contributed by atoms with van der Waals surface area (Å²) in [6, 6.07) is 7.78. The lowest BCUT2D eigenvalue weighted by atomic mass is 10.1. The number of aryl methyl sites for hydroxylation is 1. The van der Waals surface area contributed by atoms with Crippen LogP contribution >= 0.6 is 0 Å². The van der Waals surface area contributed by atoms with Crippen molar-refractivity contribution in [3.05, 3.63) is 29.8 Å². The molecule has 128 valence electrons. The normalized spacial score (nSPS) is 10.4. The highest BCUT2D eigenvalue weighted by Crippen LogP contribution is 2.14. The summed E-state index contributed by atoms with van der Waals surface area (Å²) in [7, 11) is 0. The van der Waals surface area contributed by atoms with Gasteiger partial charge in [-0.2, -0.15) is 0 Å². The Morgan fingerprint density at radius 3 is 2.22 bits per heavy atom. The first kappa shape index (κ1) is 19.0. The second kappa shape index (κ2) is 11.5. The van der Waals surface area contributed by atoms with Crippen LogP contribution in [0.25, 0.3) is 0 Å². The Labute approximate surface area is 136 Å². The average Bonchev–Trinajstić information content (AvgIpc) is 2.51. The summed E-state index contributed by atoms with van der Waals surface area (Å²) in [4.78, 5) is 20.6. The van der Waals surface area contributed by atoms with Crippen LogP contribution in [0.1, 0.15) is 37.7 Å². The third-order valence-electron chi connectivity index (χ3n) is 3.25. The summed E-state index contributed by atoms with van der Waals surface area (Å²) in [6.45, 7) is 0.245. The van der Waals surface area contributed by atoms with Gasteiger partial charge in [0.2, 0.25) is 0 Å². The summed E-state index contributed by atoms with van der Waals surface area (Å²) in [5.74, 6) is -0.986. The Bertz CT molecular complexity index is 468. The number of aliphatic carboxylic acids is 2. The first-order chi connectivity index (χ1) is 11.1. The van der Waals surface area contributed by atoms with Crippen LogP contribution in [0.4, 0.5) is 0 Å². The second-order valence-corrected chi connectivity index (χ2v) is 5.25. The molecule has 0 amide bonds. The molecule has 1 aromatic rings. The lowest BCUT2D eigenvalue weighted by Crippen LogP contribution is -2.12. The van der Waals surface area contributed by atoms with Gasteiger partial charge in [-0.3, -0.25) is 4.79 Å². The summed E-state index contributed by atoms with van der Waals surface area (Å²) < 4.78 is 10.3. The molecule has 0 atom stereocenters. The molecule has 0 aliphatic rings. The number of hydrogen-bond acceptors (Lipinski definition) is 4. The molecule has 0 radical (unpaired) electrons. The fourth-order valence-electron chi connectivity index (χ4n) is 2.09. The fourth-order valence-corrected chi connectivity index (χ4v) is 2.09. The van der Waals surface area contributed by atoms with Gasteiger partial charge in [0.15, 0.2) is 0 Å². The quantitative estimate of drug-likeness (QED) is 0.542. The van der Waals surface area contributed by atoms with Gasteiger partial charge in [0.05, 0.1) is 6.61 Å². The molecule has 1 aromatic carbocycles. The van der Waals surface area contributed by atoms with E-state index in [0.717, 1.165) is 37.9 Å². The zero-order valence-electron chi connectivity index (χ0n) is 13.2. The maximum absolute atomic E-state index is 10.4. The average molecular weight is 324 g/mol. The van der Waals surface area contributed by atoms with E-state index in [2.05, 4.69) is 0 Å². The molecule has 0 saturated carbocycles. The van der Waals surface area contributed by atoms with Gasteiger partial charge in [0.25, 0.3) is 0 Å². The highest BCUT2D eigenvalue weighted by molar-refractivity contribution is 5.68. The highest BCUT2D eigenvalue weighted by Gasteiger charge is 2.00. The van der Waals surface area contributed by atoms with Crippen molar-refractivity contribution in [3.8, 4) is 5.75 Å². The van der Waals surface area contributed by atoms with Gasteiger partial charge in [0, 0.05) is 6.42 Å². The molecular weight excluding hydrogens is 300 g/mol. The number of carboxylic acid groups (broad SMARTS) is 2. The molecule has 0 unspecified atom stereocenters. The molecule has 6 nitrogen and oxygen atoms in total. The SMILES string of the molecule is O=C(O)CCCCCCc1ccc(OCCOCC(=O)O)cc1. The minimum atomic E-state index is -0.989. The fraction of sp³-hybridized carbons (Fsp3) is 0.529. The van der Waals surface area contributed by atoms with Crippen LogP contribution in [0.3, 0.4) is 0 Å². The molecule has 0 bridgehead atoms. The van der Waals surface area contributed by atoms with Crippen molar-refractivity contribution >= 4 is 11.9 Å². The molecule has 6 heteroatoms. The first-order valence-corrected chi connectivity index (χ1v) is 7.81. The van der Waals surface area contributed by atoms with Crippen LogP contribution < -0.4 is 4.74 Å². The van der Waals surface area contributed by atoms with E-state index >= 15 is 0 Å². The van der Waals surface area contributed by atoms with E-state index in [9.17, 15) is 9.59 Å². The number of rotatable bonds is 13. The van der Waals surface area contributed by atoms with Crippen molar-refractivity contribution in [2.75, 3.05) is 19.8 Å². The molecule has 0 heterocycles. The van der Waals surface area contributed by atoms with Crippen molar-refractivity contribution in [1.82, 2.24) is 0 Å². The van der Waals surface area contributed by atoms with E-state index in [1.807, 2.05) is 24.3 Å². The van der Waals surface area contributed by atoms with E-state index in [4.69, 9.17) is 19.7 Å². The molecule has 0 aliphatic carbocycles. The maximum Gasteiger partial charge on any atom is 0.329 e. The molecule has 0 saturated heterocycles. The van der Waals surface area contributed by atoms with Gasteiger partial charge in [-0.25, -0.2) is 4.79 Å². The third kappa shape index (κ3) is 10.3. The molecule has 0 spiro atoms. The summed E-state index contributed by atoms with van der Waals surface area (Å²) in [5, 5.41) is 17.0. The standard InChI is InChI=1S/C17H24O6/c18-16(19)6-4-2-1-3-5-14-7-9-15(10-8-14)23-12-11-22-13-17(20)21/h7-10H,1-6,11-13H2,(H,18,19)(H,20,21). The third-order valence-corrected chi connectivity index (χ3v) is 3.25. The van der Waals surface area contributed by atoms with Crippen LogP contribution in [-0.4, -0.2) is 42.0 Å². The van der Waals surface area contributed by atoms with Crippen LogP contribution in [0.2, 0.25) is 0 Å². The van der Waals surface area contributed by atoms with Crippen LogP contribution in [0, 0.1) is 0 Å². The van der Waals surface area contributed by atoms with Gasteiger partial charge in [-0.1, -0.05) is 25.0 Å². The maximum atomic E-state index is 10.4. The van der Waals surface area contributed by atoms with Gasteiger partial charge in [-0.15, -0.1) is 0 Å². The lowest BCUT2D eigenvalue weighted by Gasteiger charge is -2.07.